The van der Waals surface area contributed by atoms with E-state index in [0.29, 0.717) is 16.4 Å². The van der Waals surface area contributed by atoms with Crippen LogP contribution in [0.1, 0.15) is 6.92 Å². The molecule has 1 aliphatic rings. The SMILES string of the molecule is CC(=O)N1CCN(c2ccc(NC(=O)Nc3cccc(Cl)c3)cc2)CC1. The first-order chi connectivity index (χ1) is 12.5. The minimum absolute atomic E-state index is 0.120. The van der Waals surface area contributed by atoms with Gasteiger partial charge in [0.2, 0.25) is 5.91 Å². The van der Waals surface area contributed by atoms with E-state index in [-0.39, 0.29) is 11.9 Å². The number of benzene rings is 2. The van der Waals surface area contributed by atoms with E-state index in [1.54, 1.807) is 31.2 Å². The third-order valence-corrected chi connectivity index (χ3v) is 4.53. The zero-order valence-corrected chi connectivity index (χ0v) is 15.3. The van der Waals surface area contributed by atoms with Crippen molar-refractivity contribution in [3.05, 3.63) is 53.6 Å². The van der Waals surface area contributed by atoms with Crippen LogP contribution in [-0.2, 0) is 4.79 Å². The highest BCUT2D eigenvalue weighted by molar-refractivity contribution is 6.30. The fourth-order valence-corrected chi connectivity index (χ4v) is 3.09. The number of urea groups is 1. The van der Waals surface area contributed by atoms with Gasteiger partial charge in [-0.3, -0.25) is 4.79 Å². The molecule has 6 nitrogen and oxygen atoms in total. The fourth-order valence-electron chi connectivity index (χ4n) is 2.89. The quantitative estimate of drug-likeness (QED) is 0.864. The van der Waals surface area contributed by atoms with E-state index in [1.165, 1.54) is 0 Å². The van der Waals surface area contributed by atoms with Crippen LogP contribution in [0.15, 0.2) is 48.5 Å². The lowest BCUT2D eigenvalue weighted by Gasteiger charge is -2.35. The van der Waals surface area contributed by atoms with Crippen LogP contribution in [0.2, 0.25) is 5.02 Å². The van der Waals surface area contributed by atoms with Crippen LogP contribution >= 0.6 is 11.6 Å². The van der Waals surface area contributed by atoms with Crippen LogP contribution in [0.25, 0.3) is 0 Å². The Morgan fingerprint density at radius 3 is 2.19 bits per heavy atom. The van der Waals surface area contributed by atoms with Crippen LogP contribution in [-0.4, -0.2) is 43.0 Å². The van der Waals surface area contributed by atoms with E-state index in [4.69, 9.17) is 11.6 Å². The molecule has 26 heavy (non-hydrogen) atoms. The van der Waals surface area contributed by atoms with Gasteiger partial charge in [0.1, 0.15) is 0 Å². The predicted molar refractivity (Wildman–Crippen MR) is 105 cm³/mol. The van der Waals surface area contributed by atoms with Crippen LogP contribution in [0.3, 0.4) is 0 Å². The summed E-state index contributed by atoms with van der Waals surface area (Å²) in [5.74, 6) is 0.120. The van der Waals surface area contributed by atoms with Crippen LogP contribution in [0.5, 0.6) is 0 Å². The highest BCUT2D eigenvalue weighted by atomic mass is 35.5. The lowest BCUT2D eigenvalue weighted by atomic mass is 10.2. The Labute approximate surface area is 157 Å². The number of halogens is 1. The molecule has 2 aromatic carbocycles. The molecule has 0 aromatic heterocycles. The summed E-state index contributed by atoms with van der Waals surface area (Å²) in [7, 11) is 0. The molecule has 0 atom stereocenters. The van der Waals surface area contributed by atoms with E-state index >= 15 is 0 Å². The fraction of sp³-hybridized carbons (Fsp3) is 0.263. The Morgan fingerprint density at radius 1 is 0.923 bits per heavy atom. The van der Waals surface area contributed by atoms with Crippen molar-refractivity contribution in [3.8, 4) is 0 Å². The molecule has 0 unspecified atom stereocenters. The first kappa shape index (κ1) is 18.1. The number of hydrogen-bond acceptors (Lipinski definition) is 3. The summed E-state index contributed by atoms with van der Waals surface area (Å²) in [5, 5.41) is 6.11. The zero-order chi connectivity index (χ0) is 18.5. The van der Waals surface area contributed by atoms with Gasteiger partial charge in [0.15, 0.2) is 0 Å². The van der Waals surface area contributed by atoms with Crippen LogP contribution < -0.4 is 15.5 Å². The summed E-state index contributed by atoms with van der Waals surface area (Å²) in [6, 6.07) is 14.3. The largest absolute Gasteiger partial charge is 0.368 e. The number of rotatable bonds is 3. The van der Waals surface area contributed by atoms with E-state index in [9.17, 15) is 9.59 Å². The summed E-state index contributed by atoms with van der Waals surface area (Å²) < 4.78 is 0. The maximum absolute atomic E-state index is 12.1. The van der Waals surface area contributed by atoms with Crippen molar-refractivity contribution in [2.24, 2.45) is 0 Å². The molecule has 1 heterocycles. The van der Waals surface area contributed by atoms with Crippen molar-refractivity contribution >= 4 is 40.6 Å². The first-order valence-corrected chi connectivity index (χ1v) is 8.83. The van der Waals surface area contributed by atoms with Gasteiger partial charge in [-0.1, -0.05) is 17.7 Å². The second kappa shape index (κ2) is 8.10. The summed E-state index contributed by atoms with van der Waals surface area (Å²) in [4.78, 5) is 27.5. The molecule has 136 valence electrons. The number of amides is 3. The van der Waals surface area contributed by atoms with E-state index in [2.05, 4.69) is 15.5 Å². The molecule has 2 N–H and O–H groups in total. The first-order valence-electron chi connectivity index (χ1n) is 8.45. The van der Waals surface area contributed by atoms with E-state index in [1.807, 2.05) is 29.2 Å². The van der Waals surface area contributed by atoms with Crippen LogP contribution in [0, 0.1) is 0 Å². The van der Waals surface area contributed by atoms with E-state index in [0.717, 1.165) is 31.9 Å². The number of nitrogens with one attached hydrogen (secondary N) is 2. The van der Waals surface area contributed by atoms with Crippen molar-refractivity contribution in [1.82, 2.24) is 4.90 Å². The average molecular weight is 373 g/mol. The molecule has 3 rings (SSSR count). The molecule has 0 bridgehead atoms. The number of nitrogens with zero attached hydrogens (tertiary/aromatic N) is 2. The average Bonchev–Trinajstić information content (AvgIpc) is 2.62. The Morgan fingerprint density at radius 2 is 1.58 bits per heavy atom. The van der Waals surface area contributed by atoms with Crippen molar-refractivity contribution in [1.29, 1.82) is 0 Å². The Hall–Kier alpha value is -2.73. The van der Waals surface area contributed by atoms with Crippen molar-refractivity contribution in [3.63, 3.8) is 0 Å². The maximum atomic E-state index is 12.1. The van der Waals surface area contributed by atoms with Gasteiger partial charge in [-0.15, -0.1) is 0 Å². The molecule has 0 spiro atoms. The zero-order valence-electron chi connectivity index (χ0n) is 14.5. The second-order valence-corrected chi connectivity index (χ2v) is 6.57. The number of carbonyl (C=O) groups is 2. The van der Waals surface area contributed by atoms with Gasteiger partial charge in [0.25, 0.3) is 0 Å². The number of hydrogen-bond donors (Lipinski definition) is 2. The van der Waals surface area contributed by atoms with Gasteiger partial charge in [-0.05, 0) is 42.5 Å². The van der Waals surface area contributed by atoms with Crippen molar-refractivity contribution in [2.45, 2.75) is 6.92 Å². The Balaban J connectivity index is 1.54. The third kappa shape index (κ3) is 4.67. The minimum atomic E-state index is -0.324. The monoisotopic (exact) mass is 372 g/mol. The molecule has 0 saturated carbocycles. The Kier molecular flexibility index (Phi) is 5.63. The summed E-state index contributed by atoms with van der Waals surface area (Å²) in [5.41, 5.74) is 2.42. The molecule has 1 fully saturated rings. The lowest BCUT2D eigenvalue weighted by Crippen LogP contribution is -2.48. The second-order valence-electron chi connectivity index (χ2n) is 6.13. The molecule has 7 heteroatoms. The topological polar surface area (TPSA) is 64.7 Å². The van der Waals surface area contributed by atoms with Crippen LogP contribution in [0.4, 0.5) is 21.9 Å². The van der Waals surface area contributed by atoms with E-state index < -0.39 is 0 Å². The molecule has 0 radical (unpaired) electrons. The smallest absolute Gasteiger partial charge is 0.323 e. The standard InChI is InChI=1S/C19H21ClN4O2/c1-14(25)23-9-11-24(12-10-23)18-7-5-16(6-8-18)21-19(26)22-17-4-2-3-15(20)13-17/h2-8,13H,9-12H2,1H3,(H2,21,22,26). The van der Waals surface area contributed by atoms with Gasteiger partial charge in [-0.25, -0.2) is 4.79 Å². The number of piperazine rings is 1. The molecular weight excluding hydrogens is 352 g/mol. The van der Waals surface area contributed by atoms with Gasteiger partial charge in [0.05, 0.1) is 0 Å². The highest BCUT2D eigenvalue weighted by Gasteiger charge is 2.18. The van der Waals surface area contributed by atoms with Crippen molar-refractivity contribution < 1.29 is 9.59 Å². The number of carbonyl (C=O) groups excluding carboxylic acids is 2. The van der Waals surface area contributed by atoms with Gasteiger partial charge < -0.3 is 20.4 Å². The molecule has 1 aliphatic heterocycles. The summed E-state index contributed by atoms with van der Waals surface area (Å²) in [6.07, 6.45) is 0. The molecular formula is C19H21ClN4O2. The summed E-state index contributed by atoms with van der Waals surface area (Å²) >= 11 is 5.91. The van der Waals surface area contributed by atoms with Gasteiger partial charge in [0, 0.05) is 55.2 Å². The van der Waals surface area contributed by atoms with Gasteiger partial charge >= 0.3 is 6.03 Å². The lowest BCUT2D eigenvalue weighted by molar-refractivity contribution is -0.129. The van der Waals surface area contributed by atoms with Gasteiger partial charge in [-0.2, -0.15) is 0 Å². The maximum Gasteiger partial charge on any atom is 0.323 e. The van der Waals surface area contributed by atoms with Crippen molar-refractivity contribution in [2.75, 3.05) is 41.7 Å². The normalized spacial score (nSPS) is 14.1. The molecule has 2 aromatic rings. The predicted octanol–water partition coefficient (Wildman–Crippen LogP) is 3.65. The highest BCUT2D eigenvalue weighted by Crippen LogP contribution is 2.20. The number of anilines is 3. The third-order valence-electron chi connectivity index (χ3n) is 4.30. The molecule has 0 aliphatic carbocycles. The summed E-state index contributed by atoms with van der Waals surface area (Å²) in [6.45, 7) is 4.68. The Bertz CT molecular complexity index is 786. The minimum Gasteiger partial charge on any atom is -0.368 e. The molecule has 1 saturated heterocycles. The molecule has 3 amide bonds.